The molecule has 1 aliphatic rings. The molecule has 0 saturated heterocycles. The number of hydrogen-bond acceptors (Lipinski definition) is 3. The van der Waals surface area contributed by atoms with Gasteiger partial charge in [-0.3, -0.25) is 14.7 Å². The molecule has 0 bridgehead atoms. The molecule has 0 radical (unpaired) electrons. The molecule has 1 heterocycles. The molecular weight excluding hydrogens is 563 g/mol. The number of amides is 1. The number of nitrogens with zero attached hydrogens (tertiary/aromatic N) is 2. The first kappa shape index (κ1) is 29.9. The molecule has 4 aromatic carbocycles. The Morgan fingerprint density at radius 3 is 1.95 bits per heavy atom. The molecule has 0 spiro atoms. The summed E-state index contributed by atoms with van der Waals surface area (Å²) in [6, 6.07) is 30.9. The molecule has 2 atom stereocenters. The molecule has 4 nitrogen and oxygen atoms in total. The van der Waals surface area contributed by atoms with Crippen LogP contribution in [0.1, 0.15) is 74.2 Å². The highest BCUT2D eigenvalue weighted by molar-refractivity contribution is 6.30. The summed E-state index contributed by atoms with van der Waals surface area (Å²) in [5.41, 5.74) is 2.33. The summed E-state index contributed by atoms with van der Waals surface area (Å²) in [7, 11) is 0. The maximum absolute atomic E-state index is 14.7. The summed E-state index contributed by atoms with van der Waals surface area (Å²) in [4.78, 5) is 22.0. The number of rotatable bonds is 6. The van der Waals surface area contributed by atoms with Gasteiger partial charge in [0.2, 0.25) is 0 Å². The number of aliphatic imine (C=N–C) groups is 1. The van der Waals surface area contributed by atoms with Gasteiger partial charge in [-0.15, -0.1) is 0 Å². The third-order valence-electron chi connectivity index (χ3n) is 8.36. The van der Waals surface area contributed by atoms with E-state index in [0.29, 0.717) is 33.8 Å². The average molecular weight is 600 g/mol. The minimum Gasteiger partial charge on any atom is -0.493 e. The number of carbonyl (C=O) groups excluding carboxylic acids is 1. The third-order valence-corrected chi connectivity index (χ3v) is 8.87. The van der Waals surface area contributed by atoms with E-state index in [9.17, 15) is 4.79 Å². The molecule has 216 valence electrons. The van der Waals surface area contributed by atoms with Crippen LogP contribution in [-0.2, 0) is 16.5 Å². The monoisotopic (exact) mass is 598 g/mol. The zero-order valence-electron chi connectivity index (χ0n) is 24.9. The normalized spacial score (nSPS) is 20.4. The second kappa shape index (κ2) is 11.2. The van der Waals surface area contributed by atoms with Crippen molar-refractivity contribution in [3.05, 3.63) is 135 Å². The number of amidine groups is 1. The molecule has 0 fully saturated rings. The van der Waals surface area contributed by atoms with Crippen LogP contribution in [0.3, 0.4) is 0 Å². The standard InChI is InChI=1S/C36H36Cl2N2O2/c1-7-42-31-23-27(34(2,3)4)17-22-30(31)32-39-35(5,25-13-18-28(37)19-14-25)36(6,26-15-20-29(38)21-16-26)40(32)33(41)24-11-9-8-10-12-24/h8-23H,7H2,1-6H3/t35-,36+/m0/s1. The Morgan fingerprint density at radius 1 is 0.833 bits per heavy atom. The van der Waals surface area contributed by atoms with Crippen molar-refractivity contribution in [3.63, 3.8) is 0 Å². The van der Waals surface area contributed by atoms with Crippen molar-refractivity contribution in [2.45, 2.75) is 58.0 Å². The van der Waals surface area contributed by atoms with Crippen molar-refractivity contribution >= 4 is 34.9 Å². The lowest BCUT2D eigenvalue weighted by Gasteiger charge is -2.45. The molecule has 4 aromatic rings. The maximum atomic E-state index is 14.7. The van der Waals surface area contributed by atoms with Gasteiger partial charge in [0.15, 0.2) is 0 Å². The van der Waals surface area contributed by atoms with E-state index in [4.69, 9.17) is 32.9 Å². The van der Waals surface area contributed by atoms with Gasteiger partial charge in [-0.2, -0.15) is 0 Å². The molecule has 5 rings (SSSR count). The van der Waals surface area contributed by atoms with Gasteiger partial charge < -0.3 is 4.74 Å². The topological polar surface area (TPSA) is 41.9 Å². The lowest BCUT2D eigenvalue weighted by Crippen LogP contribution is -2.55. The Labute approximate surface area is 259 Å². The van der Waals surface area contributed by atoms with E-state index in [-0.39, 0.29) is 11.3 Å². The molecular formula is C36H36Cl2N2O2. The molecule has 0 N–H and O–H groups in total. The Hall–Kier alpha value is -3.60. The van der Waals surface area contributed by atoms with Crippen LogP contribution < -0.4 is 4.74 Å². The second-order valence-corrected chi connectivity index (χ2v) is 12.9. The maximum Gasteiger partial charge on any atom is 0.260 e. The molecule has 1 amide bonds. The first-order valence-corrected chi connectivity index (χ1v) is 14.9. The van der Waals surface area contributed by atoms with Crippen LogP contribution in [0.4, 0.5) is 0 Å². The predicted molar refractivity (Wildman–Crippen MR) is 173 cm³/mol. The molecule has 6 heteroatoms. The Balaban J connectivity index is 1.85. The quantitative estimate of drug-likeness (QED) is 0.222. The zero-order chi connectivity index (χ0) is 30.3. The minimum absolute atomic E-state index is 0.0863. The van der Waals surface area contributed by atoms with Crippen LogP contribution in [0.2, 0.25) is 10.0 Å². The first-order valence-electron chi connectivity index (χ1n) is 14.2. The zero-order valence-corrected chi connectivity index (χ0v) is 26.4. The van der Waals surface area contributed by atoms with E-state index in [1.54, 1.807) is 0 Å². The fourth-order valence-electron chi connectivity index (χ4n) is 5.74. The fourth-order valence-corrected chi connectivity index (χ4v) is 6.00. The third kappa shape index (κ3) is 5.12. The number of carbonyl (C=O) groups is 1. The summed E-state index contributed by atoms with van der Waals surface area (Å²) in [5, 5.41) is 1.25. The fraction of sp³-hybridized carbons (Fsp3) is 0.278. The van der Waals surface area contributed by atoms with Crippen molar-refractivity contribution in [2.24, 2.45) is 4.99 Å². The Morgan fingerprint density at radius 2 is 1.40 bits per heavy atom. The smallest absolute Gasteiger partial charge is 0.260 e. The lowest BCUT2D eigenvalue weighted by atomic mass is 9.70. The van der Waals surface area contributed by atoms with Crippen molar-refractivity contribution < 1.29 is 9.53 Å². The molecule has 1 aliphatic heterocycles. The van der Waals surface area contributed by atoms with Crippen LogP contribution in [0.25, 0.3) is 0 Å². The molecule has 0 unspecified atom stereocenters. The van der Waals surface area contributed by atoms with Gasteiger partial charge in [-0.1, -0.05) is 92.5 Å². The first-order chi connectivity index (χ1) is 19.9. The molecule has 0 saturated carbocycles. The predicted octanol–water partition coefficient (Wildman–Crippen LogP) is 9.42. The number of ether oxygens (including phenoxy) is 1. The van der Waals surface area contributed by atoms with Crippen molar-refractivity contribution in [2.75, 3.05) is 6.61 Å². The van der Waals surface area contributed by atoms with Crippen molar-refractivity contribution in [1.29, 1.82) is 0 Å². The highest BCUT2D eigenvalue weighted by Crippen LogP contribution is 2.54. The largest absolute Gasteiger partial charge is 0.493 e. The highest BCUT2D eigenvalue weighted by Gasteiger charge is 2.59. The number of hydrogen-bond donors (Lipinski definition) is 0. The molecule has 42 heavy (non-hydrogen) atoms. The van der Waals surface area contributed by atoms with Gasteiger partial charge in [0.25, 0.3) is 5.91 Å². The summed E-state index contributed by atoms with van der Waals surface area (Å²) in [5.74, 6) is 1.07. The summed E-state index contributed by atoms with van der Waals surface area (Å²) >= 11 is 12.7. The van der Waals surface area contributed by atoms with Gasteiger partial charge >= 0.3 is 0 Å². The van der Waals surface area contributed by atoms with Gasteiger partial charge in [0, 0.05) is 15.6 Å². The van der Waals surface area contributed by atoms with E-state index in [1.807, 2.05) is 96.8 Å². The van der Waals surface area contributed by atoms with Crippen molar-refractivity contribution in [3.8, 4) is 5.75 Å². The van der Waals surface area contributed by atoms with Crippen LogP contribution in [-0.4, -0.2) is 23.2 Å². The van der Waals surface area contributed by atoms with Crippen LogP contribution in [0, 0.1) is 0 Å². The number of halogens is 2. The average Bonchev–Trinajstić information content (AvgIpc) is 3.21. The van der Waals surface area contributed by atoms with Crippen LogP contribution in [0.15, 0.2) is 102 Å². The van der Waals surface area contributed by atoms with Crippen molar-refractivity contribution in [1.82, 2.24) is 4.90 Å². The minimum atomic E-state index is -0.958. The Kier molecular flexibility index (Phi) is 8.00. The van der Waals surface area contributed by atoms with Gasteiger partial charge in [0.1, 0.15) is 22.7 Å². The van der Waals surface area contributed by atoms with Crippen LogP contribution in [0.5, 0.6) is 5.75 Å². The highest BCUT2D eigenvalue weighted by atomic mass is 35.5. The van der Waals surface area contributed by atoms with Gasteiger partial charge in [0.05, 0.1) is 12.2 Å². The Bertz CT molecular complexity index is 1630. The van der Waals surface area contributed by atoms with E-state index < -0.39 is 11.1 Å². The summed E-state index contributed by atoms with van der Waals surface area (Å²) in [6.45, 7) is 13.1. The van der Waals surface area contributed by atoms with Crippen LogP contribution >= 0.6 is 23.2 Å². The van der Waals surface area contributed by atoms with E-state index in [0.717, 1.165) is 22.3 Å². The van der Waals surface area contributed by atoms with E-state index >= 15 is 0 Å². The van der Waals surface area contributed by atoms with E-state index in [1.165, 1.54) is 0 Å². The van der Waals surface area contributed by atoms with E-state index in [2.05, 4.69) is 46.8 Å². The lowest BCUT2D eigenvalue weighted by molar-refractivity contribution is 0.0616. The molecule has 0 aliphatic carbocycles. The molecule has 0 aromatic heterocycles. The van der Waals surface area contributed by atoms with Gasteiger partial charge in [-0.05, 0) is 91.4 Å². The van der Waals surface area contributed by atoms with Gasteiger partial charge in [-0.25, -0.2) is 0 Å². The second-order valence-electron chi connectivity index (χ2n) is 12.0. The summed E-state index contributed by atoms with van der Waals surface area (Å²) < 4.78 is 6.24. The summed E-state index contributed by atoms with van der Waals surface area (Å²) in [6.07, 6.45) is 0. The number of benzene rings is 4. The SMILES string of the molecule is CCOc1cc(C(C)(C)C)ccc1C1=N[C@@](C)(c2ccc(Cl)cc2)[C@@](C)(c2ccc(Cl)cc2)N1C(=O)c1ccccc1.